The molecule has 4 aliphatic rings. The molecule has 4 aliphatic carbocycles. The molecule has 22 aromatic carbocycles. The van der Waals surface area contributed by atoms with Crippen molar-refractivity contribution in [3.8, 4) is 66.8 Å². The molecule has 0 saturated heterocycles. The Kier molecular flexibility index (Phi) is 19.5. The molecule has 4 aromatic heterocycles. The number of benzene rings is 22. The summed E-state index contributed by atoms with van der Waals surface area (Å²) in [6.45, 7) is 23.8. The van der Waals surface area contributed by atoms with Crippen LogP contribution < -0.4 is 19.6 Å². The molecule has 30 rings (SSSR count). The minimum atomic E-state index is -0.374. The van der Waals surface area contributed by atoms with Crippen molar-refractivity contribution in [2.75, 3.05) is 19.6 Å². The lowest BCUT2D eigenvalue weighted by Crippen LogP contribution is -2.24. The highest BCUT2D eigenvalue weighted by atomic mass is 16.3. The van der Waals surface area contributed by atoms with Gasteiger partial charge in [0.2, 0.25) is 0 Å². The monoisotopic (exact) mass is 1930 g/mol. The van der Waals surface area contributed by atoms with Crippen LogP contribution in [-0.4, -0.2) is 0 Å². The Morgan fingerprint density at radius 2 is 0.407 bits per heavy atom. The molecular weight excluding hydrogens is 1830 g/mol. The smallest absolute Gasteiger partial charge is 0.159 e. The summed E-state index contributed by atoms with van der Waals surface area (Å²) in [7, 11) is 0. The van der Waals surface area contributed by atoms with Crippen molar-refractivity contribution in [1.82, 2.24) is 0 Å². The van der Waals surface area contributed by atoms with Gasteiger partial charge in [0, 0.05) is 121 Å². The van der Waals surface area contributed by atoms with Crippen LogP contribution >= 0.6 is 0 Å². The fourth-order valence-corrected chi connectivity index (χ4v) is 26.6. The van der Waals surface area contributed by atoms with Gasteiger partial charge in [0.15, 0.2) is 22.3 Å². The second-order valence-corrected chi connectivity index (χ2v) is 43.2. The van der Waals surface area contributed by atoms with Crippen LogP contribution in [0.2, 0.25) is 0 Å². The first-order valence-electron chi connectivity index (χ1n) is 52.3. The van der Waals surface area contributed by atoms with Crippen molar-refractivity contribution in [3.63, 3.8) is 0 Å². The van der Waals surface area contributed by atoms with E-state index < -0.39 is 0 Å². The minimum absolute atomic E-state index is 0.319. The summed E-state index contributed by atoms with van der Waals surface area (Å²) < 4.78 is 28.0. The molecule has 150 heavy (non-hydrogen) atoms. The van der Waals surface area contributed by atoms with Crippen molar-refractivity contribution in [1.29, 1.82) is 0 Å². The van der Waals surface area contributed by atoms with Crippen LogP contribution in [0.25, 0.3) is 176 Å². The molecule has 0 spiro atoms. The van der Waals surface area contributed by atoms with Crippen molar-refractivity contribution >= 4 is 178 Å². The Balaban J connectivity index is 0.000000142. The molecule has 4 heterocycles. The van der Waals surface area contributed by atoms with E-state index in [0.717, 1.165) is 189 Å². The average Bonchev–Trinajstić information content (AvgIpc) is 1.52. The Morgan fingerprint density at radius 3 is 0.753 bits per heavy atom. The van der Waals surface area contributed by atoms with E-state index in [-0.39, 0.29) is 21.7 Å². The Hall–Kier alpha value is -18.2. The molecule has 0 bridgehead atoms. The lowest BCUT2D eigenvalue weighted by molar-refractivity contribution is 0.601. The number of furan rings is 4. The van der Waals surface area contributed by atoms with Gasteiger partial charge >= 0.3 is 0 Å². The van der Waals surface area contributed by atoms with Crippen LogP contribution in [0.1, 0.15) is 111 Å². The molecule has 0 unspecified atom stereocenters. The predicted octanol–water partition coefficient (Wildman–Crippen LogP) is 40.3. The van der Waals surface area contributed by atoms with Crippen LogP contribution in [0.5, 0.6) is 0 Å². The molecule has 26 aromatic rings. The maximum Gasteiger partial charge on any atom is 0.159 e. The standard InChI is InChI=1S/C76H54N2O2.C66H50N2O2/c1-75(2)63-45-51(77(49-27-13-7-14-28-49)65-39-21-37-60-58-35-19-33-52(71(58)79-73(60)65)47-23-9-5-10-24-47)41-42-54(63)57-43-44-62-68-56-32-18-17-31-55(56)67(46-64(68)76(3,4)70(62)69(57)75)78(50-29-15-8-16-30-50)66-40-22-38-61-59-36-20-34-53(72(59)80-74(61)66)48-25-11-6-12-26-48;1-39-19-15-27-48-50-29-17-31-55(63(50)69-61(39)48)67(41-21-9-7-10-22-41)43-33-34-44-47-35-36-52-58-46-26-14-13-25-45(46)57(38-54(58)66(5,6)60(52)59(47)65(3,4)53(44)37-43)68(42-23-11-8-12-24-42)56-32-18-30-51-49-28-16-20-40(2)62(49)70-64(51)56/h5-46H,1-4H3;7-38H,1-6H3. The molecular formula is C142H104N4O4. The van der Waals surface area contributed by atoms with Crippen molar-refractivity contribution < 1.29 is 17.7 Å². The summed E-state index contributed by atoms with van der Waals surface area (Å²) >= 11 is 0. The average molecular weight is 1930 g/mol. The number of anilines is 12. The van der Waals surface area contributed by atoms with Crippen LogP contribution in [0.15, 0.2) is 467 Å². The van der Waals surface area contributed by atoms with E-state index in [0.29, 0.717) is 0 Å². The summed E-state index contributed by atoms with van der Waals surface area (Å²) in [5, 5.41) is 13.8. The topological polar surface area (TPSA) is 65.5 Å². The molecule has 0 saturated carbocycles. The maximum absolute atomic E-state index is 7.17. The van der Waals surface area contributed by atoms with Gasteiger partial charge in [0.05, 0.1) is 34.1 Å². The molecule has 0 amide bonds. The number of hydrogen-bond donors (Lipinski definition) is 0. The van der Waals surface area contributed by atoms with Crippen LogP contribution in [0, 0.1) is 13.8 Å². The second kappa shape index (κ2) is 33.1. The van der Waals surface area contributed by atoms with Crippen LogP contribution in [0.4, 0.5) is 68.2 Å². The SMILES string of the molecule is CC1(C)c2cc(N(c3ccccc3)c3cccc4c3oc3c(-c5ccccc5)cccc34)ccc2-c2ccc3c(c21)C(C)(C)c1cc(N(c2ccccc2)c2cccc4c2oc2c(-c5ccccc5)cccc24)c2ccccc2c1-3.Cc1cccc2c1oc1c(N(c3ccccc3)c3ccc4c(c3)C(C)(C)c3c-4ccc4c3C(C)(C)c3cc(N(c5ccccc5)c5cccc6c5oc5c(C)cccc56)c5ccccc5c3-4)cccc12. The van der Waals surface area contributed by atoms with Crippen LogP contribution in [0.3, 0.4) is 0 Å². The van der Waals surface area contributed by atoms with Gasteiger partial charge in [0.1, 0.15) is 22.3 Å². The molecule has 8 heteroatoms. The lowest BCUT2D eigenvalue weighted by Gasteiger charge is -2.32. The van der Waals surface area contributed by atoms with Gasteiger partial charge < -0.3 is 37.3 Å². The minimum Gasteiger partial charge on any atom is -0.454 e. The first-order chi connectivity index (χ1) is 73.3. The molecule has 8 nitrogen and oxygen atoms in total. The van der Waals surface area contributed by atoms with E-state index in [4.69, 9.17) is 17.7 Å². The normalized spacial score (nSPS) is 13.9. The van der Waals surface area contributed by atoms with E-state index in [2.05, 4.69) is 538 Å². The molecule has 0 atom stereocenters. The van der Waals surface area contributed by atoms with Gasteiger partial charge in [0.25, 0.3) is 0 Å². The first-order valence-corrected chi connectivity index (χ1v) is 52.3. The molecule has 0 radical (unpaired) electrons. The zero-order valence-corrected chi connectivity index (χ0v) is 85.1. The summed E-state index contributed by atoms with van der Waals surface area (Å²) in [5.74, 6) is 0. The van der Waals surface area contributed by atoms with Crippen molar-refractivity contribution in [3.05, 3.63) is 505 Å². The van der Waals surface area contributed by atoms with Gasteiger partial charge in [-0.1, -0.05) is 395 Å². The van der Waals surface area contributed by atoms with Gasteiger partial charge in [-0.05, 0) is 245 Å². The molecule has 0 fully saturated rings. The quantitative estimate of drug-likeness (QED) is 0.107. The summed E-state index contributed by atoms with van der Waals surface area (Å²) in [6.07, 6.45) is 0. The number of fused-ring (bicyclic) bond motifs is 30. The van der Waals surface area contributed by atoms with E-state index in [1.807, 2.05) is 0 Å². The van der Waals surface area contributed by atoms with Gasteiger partial charge in [-0.15, -0.1) is 0 Å². The van der Waals surface area contributed by atoms with Crippen molar-refractivity contribution in [2.45, 2.75) is 90.9 Å². The van der Waals surface area contributed by atoms with E-state index >= 15 is 0 Å². The Morgan fingerprint density at radius 1 is 0.160 bits per heavy atom. The van der Waals surface area contributed by atoms with E-state index in [9.17, 15) is 0 Å². The number of hydrogen-bond acceptors (Lipinski definition) is 8. The maximum atomic E-state index is 7.17. The highest BCUT2D eigenvalue weighted by Crippen LogP contribution is 2.66. The lowest BCUT2D eigenvalue weighted by atomic mass is 9.72. The van der Waals surface area contributed by atoms with E-state index in [1.54, 1.807) is 0 Å². The summed E-state index contributed by atoms with van der Waals surface area (Å²) in [4.78, 5) is 9.63. The second-order valence-electron chi connectivity index (χ2n) is 43.2. The highest BCUT2D eigenvalue weighted by Gasteiger charge is 2.50. The van der Waals surface area contributed by atoms with E-state index in [1.165, 1.54) is 111 Å². The predicted molar refractivity (Wildman–Crippen MR) is 626 cm³/mol. The third kappa shape index (κ3) is 12.9. The summed E-state index contributed by atoms with van der Waals surface area (Å²) in [5.41, 5.74) is 46.5. The zero-order chi connectivity index (χ0) is 101. The third-order valence-electron chi connectivity index (χ3n) is 33.4. The number of rotatable bonds is 14. The number of aryl methyl sites for hydroxylation is 2. The van der Waals surface area contributed by atoms with Gasteiger partial charge in [-0.2, -0.15) is 0 Å². The fourth-order valence-electron chi connectivity index (χ4n) is 26.6. The number of nitrogens with zero attached hydrogens (tertiary/aromatic N) is 4. The third-order valence-corrected chi connectivity index (χ3v) is 33.4. The highest BCUT2D eigenvalue weighted by molar-refractivity contribution is 6.21. The van der Waals surface area contributed by atoms with Crippen LogP contribution in [-0.2, 0) is 21.7 Å². The summed E-state index contributed by atoms with van der Waals surface area (Å²) in [6, 6.07) is 163. The molecule has 0 N–H and O–H groups in total. The zero-order valence-electron chi connectivity index (χ0n) is 85.1. The largest absolute Gasteiger partial charge is 0.454 e. The van der Waals surface area contributed by atoms with Crippen molar-refractivity contribution in [2.24, 2.45) is 0 Å². The fraction of sp³-hybridized carbons (Fsp3) is 0.0986. The molecule has 716 valence electrons. The number of para-hydroxylation sites is 12. The Labute approximate surface area is 870 Å². The van der Waals surface area contributed by atoms with Gasteiger partial charge in [-0.25, -0.2) is 0 Å². The van der Waals surface area contributed by atoms with Gasteiger partial charge in [-0.3, -0.25) is 0 Å². The Bertz CT molecular complexity index is 10100. The molecule has 0 aliphatic heterocycles. The first kappa shape index (κ1) is 88.3.